The summed E-state index contributed by atoms with van der Waals surface area (Å²) in [6.07, 6.45) is -4.58. The maximum Gasteiger partial charge on any atom is 0.417 e. The predicted molar refractivity (Wildman–Crippen MR) is 83.1 cm³/mol. The summed E-state index contributed by atoms with van der Waals surface area (Å²) in [7, 11) is 0. The Morgan fingerprint density at radius 3 is 2.52 bits per heavy atom. The number of aliphatic imine (C=N–C) groups is 1. The van der Waals surface area contributed by atoms with Crippen LogP contribution >= 0.6 is 23.2 Å². The van der Waals surface area contributed by atoms with Gasteiger partial charge in [-0.05, 0) is 31.2 Å². The first-order valence-electron chi connectivity index (χ1n) is 6.14. The van der Waals surface area contributed by atoms with Gasteiger partial charge in [-0.2, -0.15) is 23.1 Å². The SMILES string of the molecule is Cc1cc(Cl)nc(/N=C(\N)Nc2ccc(Cl)c(C(F)(F)F)c2)n1. The van der Waals surface area contributed by atoms with Gasteiger partial charge in [-0.1, -0.05) is 23.2 Å². The molecule has 1 aromatic carbocycles. The lowest BCUT2D eigenvalue weighted by Crippen LogP contribution is -2.22. The van der Waals surface area contributed by atoms with E-state index in [1.165, 1.54) is 12.1 Å². The van der Waals surface area contributed by atoms with Crippen molar-refractivity contribution in [3.8, 4) is 0 Å². The van der Waals surface area contributed by atoms with Gasteiger partial charge in [-0.15, -0.1) is 0 Å². The van der Waals surface area contributed by atoms with Crippen LogP contribution in [-0.2, 0) is 6.18 Å². The van der Waals surface area contributed by atoms with Gasteiger partial charge in [-0.3, -0.25) is 0 Å². The van der Waals surface area contributed by atoms with Crippen LogP contribution in [0.25, 0.3) is 0 Å². The Hall–Kier alpha value is -2.06. The smallest absolute Gasteiger partial charge is 0.369 e. The number of halogens is 5. The number of rotatable bonds is 2. The van der Waals surface area contributed by atoms with Crippen LogP contribution in [0.4, 0.5) is 24.8 Å². The van der Waals surface area contributed by atoms with Crippen LogP contribution < -0.4 is 11.1 Å². The summed E-state index contributed by atoms with van der Waals surface area (Å²) in [4.78, 5) is 11.7. The zero-order chi connectivity index (χ0) is 17.2. The van der Waals surface area contributed by atoms with Crippen molar-refractivity contribution in [2.45, 2.75) is 13.1 Å². The Bertz CT molecular complexity index is 742. The van der Waals surface area contributed by atoms with Gasteiger partial charge >= 0.3 is 6.18 Å². The Morgan fingerprint density at radius 2 is 1.91 bits per heavy atom. The zero-order valence-electron chi connectivity index (χ0n) is 11.6. The van der Waals surface area contributed by atoms with Gasteiger partial charge < -0.3 is 11.1 Å². The maximum absolute atomic E-state index is 12.8. The molecule has 0 saturated carbocycles. The third-order valence-corrected chi connectivity index (χ3v) is 3.10. The van der Waals surface area contributed by atoms with Crippen LogP contribution in [0, 0.1) is 6.92 Å². The summed E-state index contributed by atoms with van der Waals surface area (Å²) in [6, 6.07) is 4.80. The minimum atomic E-state index is -4.58. The number of hydrogen-bond acceptors (Lipinski definition) is 3. The maximum atomic E-state index is 12.8. The molecule has 0 spiro atoms. The highest BCUT2D eigenvalue weighted by molar-refractivity contribution is 6.31. The minimum absolute atomic E-state index is 0.00925. The second kappa shape index (κ2) is 6.59. The summed E-state index contributed by atoms with van der Waals surface area (Å²) in [5, 5.41) is 2.28. The van der Waals surface area contributed by atoms with Crippen molar-refractivity contribution in [1.82, 2.24) is 9.97 Å². The van der Waals surface area contributed by atoms with E-state index in [-0.39, 0.29) is 22.7 Å². The fraction of sp³-hybridized carbons (Fsp3) is 0.154. The topological polar surface area (TPSA) is 76.2 Å². The summed E-state index contributed by atoms with van der Waals surface area (Å²) in [5.41, 5.74) is 5.30. The van der Waals surface area contributed by atoms with E-state index in [9.17, 15) is 13.2 Å². The molecular weight excluding hydrogens is 354 g/mol. The zero-order valence-corrected chi connectivity index (χ0v) is 13.1. The average Bonchev–Trinajstić information content (AvgIpc) is 2.38. The first-order chi connectivity index (χ1) is 10.6. The molecule has 0 radical (unpaired) electrons. The molecule has 2 rings (SSSR count). The lowest BCUT2D eigenvalue weighted by atomic mass is 10.2. The Morgan fingerprint density at radius 1 is 1.22 bits per heavy atom. The first kappa shape index (κ1) is 17.3. The molecule has 0 unspecified atom stereocenters. The molecule has 2 aromatic rings. The number of guanidine groups is 1. The van der Waals surface area contributed by atoms with Gasteiger partial charge in [0.15, 0.2) is 0 Å². The quantitative estimate of drug-likeness (QED) is 0.477. The molecule has 0 aliphatic heterocycles. The van der Waals surface area contributed by atoms with Gasteiger partial charge in [0.05, 0.1) is 10.6 Å². The van der Waals surface area contributed by atoms with Crippen LogP contribution in [0.15, 0.2) is 29.3 Å². The third-order valence-electron chi connectivity index (χ3n) is 2.58. The lowest BCUT2D eigenvalue weighted by Gasteiger charge is -2.12. The van der Waals surface area contributed by atoms with Crippen LogP contribution in [0.2, 0.25) is 10.2 Å². The summed E-state index contributed by atoms with van der Waals surface area (Å²) >= 11 is 11.3. The number of nitrogens with one attached hydrogen (secondary N) is 1. The van der Waals surface area contributed by atoms with E-state index in [0.29, 0.717) is 5.69 Å². The van der Waals surface area contributed by atoms with Gasteiger partial charge in [0.2, 0.25) is 5.96 Å². The molecule has 0 atom stereocenters. The number of anilines is 1. The van der Waals surface area contributed by atoms with Crippen molar-refractivity contribution in [2.75, 3.05) is 5.32 Å². The lowest BCUT2D eigenvalue weighted by molar-refractivity contribution is -0.137. The van der Waals surface area contributed by atoms with E-state index < -0.39 is 16.8 Å². The van der Waals surface area contributed by atoms with Gasteiger partial charge in [0.25, 0.3) is 5.95 Å². The van der Waals surface area contributed by atoms with Crippen molar-refractivity contribution < 1.29 is 13.2 Å². The molecule has 23 heavy (non-hydrogen) atoms. The van der Waals surface area contributed by atoms with E-state index in [4.69, 9.17) is 28.9 Å². The van der Waals surface area contributed by atoms with Gasteiger partial charge in [-0.25, -0.2) is 4.98 Å². The summed E-state index contributed by atoms with van der Waals surface area (Å²) in [6.45, 7) is 1.69. The van der Waals surface area contributed by atoms with E-state index >= 15 is 0 Å². The summed E-state index contributed by atoms with van der Waals surface area (Å²) < 4.78 is 38.4. The monoisotopic (exact) mass is 363 g/mol. The van der Waals surface area contributed by atoms with Crippen molar-refractivity contribution in [1.29, 1.82) is 0 Å². The molecule has 0 aliphatic rings. The van der Waals surface area contributed by atoms with Crippen LogP contribution in [0.3, 0.4) is 0 Å². The van der Waals surface area contributed by atoms with E-state index in [1.807, 2.05) is 0 Å². The molecule has 0 bridgehead atoms. The molecule has 0 saturated heterocycles. The van der Waals surface area contributed by atoms with Crippen molar-refractivity contribution in [2.24, 2.45) is 10.7 Å². The van der Waals surface area contributed by atoms with Crippen LogP contribution in [-0.4, -0.2) is 15.9 Å². The Kier molecular flexibility index (Phi) is 4.96. The number of aryl methyl sites for hydroxylation is 1. The number of aromatic nitrogens is 2. The number of alkyl halides is 3. The number of benzene rings is 1. The highest BCUT2D eigenvalue weighted by Gasteiger charge is 2.33. The Balaban J connectivity index is 2.26. The summed E-state index contributed by atoms with van der Waals surface area (Å²) in [5.74, 6) is -0.202. The number of nitrogens with zero attached hydrogens (tertiary/aromatic N) is 3. The molecule has 1 aromatic heterocycles. The standard InChI is InChI=1S/C13H10Cl2F3N5/c1-6-4-10(15)22-12(20-6)23-11(19)21-7-2-3-9(14)8(5-7)13(16,17)18/h2-5H,1H3,(H3,19,20,21,22,23). The van der Waals surface area contributed by atoms with Crippen LogP contribution in [0.1, 0.15) is 11.3 Å². The van der Waals surface area contributed by atoms with E-state index in [0.717, 1.165) is 12.1 Å². The normalized spacial score (nSPS) is 12.3. The van der Waals surface area contributed by atoms with Gasteiger partial charge in [0, 0.05) is 11.4 Å². The van der Waals surface area contributed by atoms with Crippen molar-refractivity contribution in [3.05, 3.63) is 45.7 Å². The molecule has 0 fully saturated rings. The molecule has 3 N–H and O–H groups in total. The van der Waals surface area contributed by atoms with Crippen LogP contribution in [0.5, 0.6) is 0 Å². The second-order valence-corrected chi connectivity index (χ2v) is 5.24. The molecule has 122 valence electrons. The number of nitrogens with two attached hydrogens (primary N) is 1. The van der Waals surface area contributed by atoms with Crippen molar-refractivity contribution >= 4 is 40.8 Å². The van der Waals surface area contributed by atoms with E-state index in [2.05, 4.69) is 20.3 Å². The molecule has 5 nitrogen and oxygen atoms in total. The van der Waals surface area contributed by atoms with Crippen molar-refractivity contribution in [3.63, 3.8) is 0 Å². The fourth-order valence-corrected chi connectivity index (χ4v) is 2.13. The molecule has 1 heterocycles. The predicted octanol–water partition coefficient (Wildman–Crippen LogP) is 4.17. The minimum Gasteiger partial charge on any atom is -0.369 e. The van der Waals surface area contributed by atoms with Gasteiger partial charge in [0.1, 0.15) is 5.15 Å². The fourth-order valence-electron chi connectivity index (χ4n) is 1.67. The van der Waals surface area contributed by atoms with E-state index in [1.54, 1.807) is 6.92 Å². The highest BCUT2D eigenvalue weighted by Crippen LogP contribution is 2.36. The molecular formula is C13H10Cl2F3N5. The molecule has 10 heteroatoms. The highest BCUT2D eigenvalue weighted by atomic mass is 35.5. The Labute approximate surface area is 139 Å². The largest absolute Gasteiger partial charge is 0.417 e. The molecule has 0 aliphatic carbocycles. The number of hydrogen-bond donors (Lipinski definition) is 2. The molecule has 0 amide bonds. The second-order valence-electron chi connectivity index (χ2n) is 4.45. The third kappa shape index (κ3) is 4.70. The first-order valence-corrected chi connectivity index (χ1v) is 6.90. The average molecular weight is 364 g/mol.